The molecule has 0 fully saturated rings. The second kappa shape index (κ2) is 5.12. The molecule has 1 aromatic rings. The largest absolute Gasteiger partial charge is 0.396 e. The van der Waals surface area contributed by atoms with E-state index in [-0.39, 0.29) is 24.6 Å². The molecule has 90 valence electrons. The molecule has 5 heteroatoms. The molecule has 0 aromatic carbocycles. The normalized spacial score (nSPS) is 11.5. The number of carbonyl (C=O) groups is 1. The molecule has 0 aliphatic rings. The zero-order chi connectivity index (χ0) is 12.2. The summed E-state index contributed by atoms with van der Waals surface area (Å²) < 4.78 is 1.58. The summed E-state index contributed by atoms with van der Waals surface area (Å²) >= 11 is 0. The Morgan fingerprint density at radius 1 is 1.56 bits per heavy atom. The Kier molecular flexibility index (Phi) is 4.06. The van der Waals surface area contributed by atoms with Gasteiger partial charge in [-0.2, -0.15) is 5.10 Å². The van der Waals surface area contributed by atoms with Gasteiger partial charge in [0.25, 0.3) is 0 Å². The molecule has 0 saturated carbocycles. The van der Waals surface area contributed by atoms with E-state index < -0.39 is 0 Å². The van der Waals surface area contributed by atoms with E-state index in [4.69, 9.17) is 5.11 Å². The van der Waals surface area contributed by atoms with Gasteiger partial charge in [0, 0.05) is 18.3 Å². The zero-order valence-electron chi connectivity index (χ0n) is 10.0. The van der Waals surface area contributed by atoms with E-state index >= 15 is 0 Å². The first-order chi connectivity index (χ1) is 7.40. The van der Waals surface area contributed by atoms with Crippen LogP contribution in [-0.2, 0) is 17.8 Å². The van der Waals surface area contributed by atoms with Crippen LogP contribution in [0.25, 0.3) is 0 Å². The number of carbonyl (C=O) groups excluding carboxylic acids is 1. The summed E-state index contributed by atoms with van der Waals surface area (Å²) in [6.45, 7) is 6.12. The fourth-order valence-corrected chi connectivity index (χ4v) is 1.36. The molecule has 0 saturated heterocycles. The Labute approximate surface area is 95.5 Å². The first-order valence-corrected chi connectivity index (χ1v) is 5.34. The third kappa shape index (κ3) is 4.44. The summed E-state index contributed by atoms with van der Waals surface area (Å²) in [6, 6.07) is 0. The molecular weight excluding hydrogens is 206 g/mol. The van der Waals surface area contributed by atoms with Crippen LogP contribution in [0.15, 0.2) is 12.4 Å². The summed E-state index contributed by atoms with van der Waals surface area (Å²) in [5.74, 6) is -0.0638. The molecule has 0 unspecified atom stereocenters. The van der Waals surface area contributed by atoms with Gasteiger partial charge in [-0.25, -0.2) is 0 Å². The highest BCUT2D eigenvalue weighted by Gasteiger charge is 2.14. The maximum Gasteiger partial charge on any atom is 0.242 e. The van der Waals surface area contributed by atoms with Crippen LogP contribution in [0.2, 0.25) is 0 Å². The van der Waals surface area contributed by atoms with Crippen molar-refractivity contribution in [1.29, 1.82) is 0 Å². The van der Waals surface area contributed by atoms with Gasteiger partial charge in [-0.1, -0.05) is 0 Å². The van der Waals surface area contributed by atoms with E-state index in [1.165, 1.54) is 0 Å². The number of aliphatic hydroxyl groups is 1. The maximum absolute atomic E-state index is 11.6. The fourth-order valence-electron chi connectivity index (χ4n) is 1.36. The van der Waals surface area contributed by atoms with E-state index in [1.807, 2.05) is 20.8 Å². The van der Waals surface area contributed by atoms with Gasteiger partial charge in [0.2, 0.25) is 5.91 Å². The minimum absolute atomic E-state index is 0.0638. The summed E-state index contributed by atoms with van der Waals surface area (Å²) in [5.41, 5.74) is 0.712. The van der Waals surface area contributed by atoms with Crippen molar-refractivity contribution >= 4 is 5.91 Å². The summed E-state index contributed by atoms with van der Waals surface area (Å²) in [6.07, 6.45) is 4.01. The Balaban J connectivity index is 2.50. The van der Waals surface area contributed by atoms with Crippen molar-refractivity contribution < 1.29 is 9.90 Å². The molecule has 1 rings (SSSR count). The molecule has 0 radical (unpaired) electrons. The number of amides is 1. The van der Waals surface area contributed by atoms with E-state index in [0.29, 0.717) is 6.42 Å². The van der Waals surface area contributed by atoms with Crippen LogP contribution in [0.4, 0.5) is 0 Å². The van der Waals surface area contributed by atoms with Gasteiger partial charge < -0.3 is 10.4 Å². The minimum Gasteiger partial charge on any atom is -0.396 e. The average Bonchev–Trinajstić information content (AvgIpc) is 2.49. The van der Waals surface area contributed by atoms with Crippen molar-refractivity contribution in [2.24, 2.45) is 0 Å². The van der Waals surface area contributed by atoms with E-state index in [2.05, 4.69) is 10.4 Å². The second-order valence-corrected chi connectivity index (χ2v) is 4.82. The van der Waals surface area contributed by atoms with Gasteiger partial charge in [-0.15, -0.1) is 0 Å². The summed E-state index contributed by atoms with van der Waals surface area (Å²) in [7, 11) is 0. The molecule has 0 atom stereocenters. The number of rotatable bonds is 4. The molecule has 0 bridgehead atoms. The zero-order valence-corrected chi connectivity index (χ0v) is 10.0. The Morgan fingerprint density at radius 3 is 2.81 bits per heavy atom. The Bertz CT molecular complexity index is 352. The number of hydrogen-bond donors (Lipinski definition) is 2. The fraction of sp³-hybridized carbons (Fsp3) is 0.636. The molecule has 16 heavy (non-hydrogen) atoms. The number of hydrogen-bond acceptors (Lipinski definition) is 3. The molecule has 1 aromatic heterocycles. The van der Waals surface area contributed by atoms with E-state index in [1.54, 1.807) is 17.1 Å². The molecular formula is C11H19N3O2. The van der Waals surface area contributed by atoms with Gasteiger partial charge in [0.1, 0.15) is 6.54 Å². The lowest BCUT2D eigenvalue weighted by atomic mass is 10.1. The number of aliphatic hydroxyl groups excluding tert-OH is 1. The quantitative estimate of drug-likeness (QED) is 0.776. The van der Waals surface area contributed by atoms with Crippen molar-refractivity contribution in [1.82, 2.24) is 15.1 Å². The van der Waals surface area contributed by atoms with Crippen molar-refractivity contribution in [3.05, 3.63) is 18.0 Å². The first kappa shape index (κ1) is 12.7. The van der Waals surface area contributed by atoms with Crippen LogP contribution >= 0.6 is 0 Å². The lowest BCUT2D eigenvalue weighted by Gasteiger charge is -2.20. The number of aromatic nitrogens is 2. The molecule has 1 heterocycles. The summed E-state index contributed by atoms with van der Waals surface area (Å²) in [4.78, 5) is 11.6. The maximum atomic E-state index is 11.6. The predicted molar refractivity (Wildman–Crippen MR) is 60.9 cm³/mol. The lowest BCUT2D eigenvalue weighted by molar-refractivity contribution is -0.123. The van der Waals surface area contributed by atoms with Crippen LogP contribution < -0.4 is 5.32 Å². The van der Waals surface area contributed by atoms with Crippen LogP contribution in [0.5, 0.6) is 0 Å². The van der Waals surface area contributed by atoms with Gasteiger partial charge in [-0.05, 0) is 32.8 Å². The highest BCUT2D eigenvalue weighted by atomic mass is 16.3. The average molecular weight is 225 g/mol. The first-order valence-electron chi connectivity index (χ1n) is 5.34. The summed E-state index contributed by atoms with van der Waals surface area (Å²) in [5, 5.41) is 15.7. The molecule has 0 aliphatic heterocycles. The van der Waals surface area contributed by atoms with Crippen LogP contribution in [0.3, 0.4) is 0 Å². The monoisotopic (exact) mass is 225 g/mol. The van der Waals surface area contributed by atoms with E-state index in [9.17, 15) is 4.79 Å². The second-order valence-electron chi connectivity index (χ2n) is 4.82. The Morgan fingerprint density at radius 2 is 2.25 bits per heavy atom. The van der Waals surface area contributed by atoms with Gasteiger partial charge >= 0.3 is 0 Å². The smallest absolute Gasteiger partial charge is 0.242 e. The van der Waals surface area contributed by atoms with Gasteiger partial charge in [-0.3, -0.25) is 9.48 Å². The van der Waals surface area contributed by atoms with Crippen LogP contribution in [-0.4, -0.2) is 32.9 Å². The van der Waals surface area contributed by atoms with Crippen molar-refractivity contribution in [2.75, 3.05) is 6.61 Å². The third-order valence-corrected chi connectivity index (χ3v) is 1.91. The molecule has 1 amide bonds. The van der Waals surface area contributed by atoms with Gasteiger partial charge in [0.05, 0.1) is 6.20 Å². The van der Waals surface area contributed by atoms with Crippen LogP contribution in [0.1, 0.15) is 26.3 Å². The topological polar surface area (TPSA) is 67.2 Å². The highest BCUT2D eigenvalue weighted by Crippen LogP contribution is 2.01. The highest BCUT2D eigenvalue weighted by molar-refractivity contribution is 5.76. The molecule has 0 spiro atoms. The van der Waals surface area contributed by atoms with Crippen molar-refractivity contribution in [2.45, 2.75) is 39.3 Å². The molecule has 5 nitrogen and oxygen atoms in total. The Hall–Kier alpha value is -1.36. The van der Waals surface area contributed by atoms with E-state index in [0.717, 1.165) is 5.56 Å². The van der Waals surface area contributed by atoms with Crippen molar-refractivity contribution in [3.8, 4) is 0 Å². The van der Waals surface area contributed by atoms with Gasteiger partial charge in [0.15, 0.2) is 0 Å². The minimum atomic E-state index is -0.224. The standard InChI is InChI=1S/C11H19N3O2/c1-11(2,3)13-10(16)8-14-7-9(4-5-15)6-12-14/h6-7,15H,4-5,8H2,1-3H3,(H,13,16). The lowest BCUT2D eigenvalue weighted by Crippen LogP contribution is -2.42. The number of nitrogens with zero attached hydrogens (tertiary/aromatic N) is 2. The van der Waals surface area contributed by atoms with Crippen molar-refractivity contribution in [3.63, 3.8) is 0 Å². The SMILES string of the molecule is CC(C)(C)NC(=O)Cn1cc(CCO)cn1. The number of nitrogens with one attached hydrogen (secondary N) is 1. The predicted octanol–water partition coefficient (Wildman–Crippen LogP) is 0.333. The molecule has 2 N–H and O–H groups in total. The van der Waals surface area contributed by atoms with Crippen LogP contribution in [0, 0.1) is 0 Å². The molecule has 0 aliphatic carbocycles. The third-order valence-electron chi connectivity index (χ3n) is 1.91.